The number of allylic oxidation sites excluding steroid dienone is 2. The van der Waals surface area contributed by atoms with Gasteiger partial charge in [0.05, 0.1) is 0 Å². The first-order valence-corrected chi connectivity index (χ1v) is 5.56. The standard InChI is InChI=1S/C12H16/c1-2-4-10-9(3-1)11(5-6-11)12(10)7-8-12/h1,3,9-10H,2,4-8H2. The van der Waals surface area contributed by atoms with Gasteiger partial charge in [-0.3, -0.25) is 0 Å². The monoisotopic (exact) mass is 160 g/mol. The predicted molar refractivity (Wildman–Crippen MR) is 48.7 cm³/mol. The smallest absolute Gasteiger partial charge is 0.0137 e. The van der Waals surface area contributed by atoms with Gasteiger partial charge in [-0.25, -0.2) is 0 Å². The molecule has 64 valence electrons. The molecule has 3 saturated carbocycles. The van der Waals surface area contributed by atoms with E-state index in [1.54, 1.807) is 25.7 Å². The first-order chi connectivity index (χ1) is 5.89. The summed E-state index contributed by atoms with van der Waals surface area (Å²) < 4.78 is 0. The van der Waals surface area contributed by atoms with E-state index in [1.165, 1.54) is 12.8 Å². The van der Waals surface area contributed by atoms with Crippen molar-refractivity contribution in [3.63, 3.8) is 0 Å². The molecule has 0 aromatic rings. The maximum atomic E-state index is 2.56. The number of fused-ring (bicyclic) bond motifs is 4. The van der Waals surface area contributed by atoms with E-state index in [2.05, 4.69) is 12.2 Å². The first kappa shape index (κ1) is 6.23. The highest BCUT2D eigenvalue weighted by molar-refractivity contribution is 5.33. The van der Waals surface area contributed by atoms with Gasteiger partial charge in [0, 0.05) is 0 Å². The van der Waals surface area contributed by atoms with Crippen molar-refractivity contribution in [3.05, 3.63) is 12.2 Å². The van der Waals surface area contributed by atoms with Gasteiger partial charge < -0.3 is 0 Å². The first-order valence-electron chi connectivity index (χ1n) is 5.56. The fourth-order valence-electron chi connectivity index (χ4n) is 4.60. The number of hydrogen-bond acceptors (Lipinski definition) is 0. The lowest BCUT2D eigenvalue weighted by atomic mass is 9.48. The van der Waals surface area contributed by atoms with Crippen molar-refractivity contribution < 1.29 is 0 Å². The Morgan fingerprint density at radius 2 is 1.75 bits per heavy atom. The summed E-state index contributed by atoms with van der Waals surface area (Å²) in [5.74, 6) is 2.17. The van der Waals surface area contributed by atoms with Crippen molar-refractivity contribution in [3.8, 4) is 0 Å². The van der Waals surface area contributed by atoms with Crippen LogP contribution in [0.4, 0.5) is 0 Å². The quantitative estimate of drug-likeness (QED) is 0.477. The Hall–Kier alpha value is -0.260. The largest absolute Gasteiger partial charge is 0.0882 e. The molecule has 2 atom stereocenters. The molecule has 4 aliphatic rings. The van der Waals surface area contributed by atoms with Crippen molar-refractivity contribution in [2.45, 2.75) is 38.5 Å². The molecule has 0 amide bonds. The summed E-state index contributed by atoms with van der Waals surface area (Å²) in [5, 5.41) is 0. The van der Waals surface area contributed by atoms with Crippen molar-refractivity contribution >= 4 is 0 Å². The lowest BCUT2D eigenvalue weighted by Crippen LogP contribution is -2.50. The van der Waals surface area contributed by atoms with Gasteiger partial charge in [-0.15, -0.1) is 0 Å². The molecule has 2 unspecified atom stereocenters. The van der Waals surface area contributed by atoms with Crippen LogP contribution >= 0.6 is 0 Å². The average molecular weight is 160 g/mol. The summed E-state index contributed by atoms with van der Waals surface area (Å²) in [7, 11) is 0. The van der Waals surface area contributed by atoms with E-state index in [0.29, 0.717) is 0 Å². The molecule has 0 aromatic heterocycles. The second-order valence-corrected chi connectivity index (χ2v) is 5.45. The van der Waals surface area contributed by atoms with Crippen molar-refractivity contribution in [1.29, 1.82) is 0 Å². The Labute approximate surface area is 74.0 Å². The molecule has 3 fully saturated rings. The minimum Gasteiger partial charge on any atom is -0.0882 e. The Morgan fingerprint density at radius 3 is 2.42 bits per heavy atom. The minimum absolute atomic E-state index is 0.884. The molecule has 4 rings (SSSR count). The normalized spacial score (nSPS) is 48.7. The molecular weight excluding hydrogens is 144 g/mol. The molecule has 0 radical (unpaired) electrons. The molecule has 0 aliphatic heterocycles. The van der Waals surface area contributed by atoms with Gasteiger partial charge >= 0.3 is 0 Å². The van der Waals surface area contributed by atoms with Crippen molar-refractivity contribution in [1.82, 2.24) is 0 Å². The Bertz CT molecular complexity index is 266. The van der Waals surface area contributed by atoms with Gasteiger partial charge in [0.2, 0.25) is 0 Å². The van der Waals surface area contributed by atoms with Crippen molar-refractivity contribution in [2.24, 2.45) is 22.7 Å². The Balaban J connectivity index is 1.79. The summed E-state index contributed by atoms with van der Waals surface area (Å²) in [5.41, 5.74) is 1.80. The van der Waals surface area contributed by atoms with E-state index < -0.39 is 0 Å². The fourth-order valence-corrected chi connectivity index (χ4v) is 4.60. The van der Waals surface area contributed by atoms with Gasteiger partial charge in [-0.2, -0.15) is 0 Å². The number of rotatable bonds is 0. The van der Waals surface area contributed by atoms with Crippen LogP contribution in [0.2, 0.25) is 0 Å². The third-order valence-corrected chi connectivity index (χ3v) is 5.34. The second kappa shape index (κ2) is 1.54. The molecule has 0 N–H and O–H groups in total. The molecule has 0 heterocycles. The molecule has 0 aromatic carbocycles. The van der Waals surface area contributed by atoms with E-state index in [1.807, 2.05) is 0 Å². The van der Waals surface area contributed by atoms with Crippen LogP contribution in [0, 0.1) is 22.7 Å². The molecular formula is C12H16. The molecule has 0 saturated heterocycles. The van der Waals surface area contributed by atoms with E-state index in [0.717, 1.165) is 22.7 Å². The fraction of sp³-hybridized carbons (Fsp3) is 0.833. The maximum absolute atomic E-state index is 2.56. The topological polar surface area (TPSA) is 0 Å². The SMILES string of the molecule is C1=CC2C(CC1)C1(CC1)C21CC1. The molecule has 4 aliphatic carbocycles. The van der Waals surface area contributed by atoms with Crippen LogP contribution in [0.15, 0.2) is 12.2 Å². The van der Waals surface area contributed by atoms with Gasteiger partial charge in [0.25, 0.3) is 0 Å². The molecule has 12 heavy (non-hydrogen) atoms. The van der Waals surface area contributed by atoms with Crippen LogP contribution in [0.25, 0.3) is 0 Å². The van der Waals surface area contributed by atoms with E-state index in [4.69, 9.17) is 0 Å². The van der Waals surface area contributed by atoms with Gasteiger partial charge in [0.1, 0.15) is 0 Å². The van der Waals surface area contributed by atoms with Gasteiger partial charge in [0.15, 0.2) is 0 Å². The highest BCUT2D eigenvalue weighted by Gasteiger charge is 2.79. The summed E-state index contributed by atoms with van der Waals surface area (Å²) in [6.07, 6.45) is 14.2. The second-order valence-electron chi connectivity index (χ2n) is 5.45. The zero-order valence-electron chi connectivity index (χ0n) is 7.55. The highest BCUT2D eigenvalue weighted by atomic mass is 14.8. The predicted octanol–water partition coefficient (Wildman–Crippen LogP) is 3.14. The summed E-state index contributed by atoms with van der Waals surface area (Å²) in [6.45, 7) is 0. The lowest BCUT2D eigenvalue weighted by molar-refractivity contribution is -0.0496. The number of hydrogen-bond donors (Lipinski definition) is 0. The minimum atomic E-state index is 0.884. The maximum Gasteiger partial charge on any atom is -0.0137 e. The Kier molecular flexibility index (Phi) is 0.799. The Morgan fingerprint density at radius 1 is 1.00 bits per heavy atom. The molecule has 2 spiro atoms. The summed E-state index contributed by atoms with van der Waals surface area (Å²) in [6, 6.07) is 0. The molecule has 0 nitrogen and oxygen atoms in total. The van der Waals surface area contributed by atoms with Gasteiger partial charge in [-0.05, 0) is 61.2 Å². The van der Waals surface area contributed by atoms with Crippen LogP contribution < -0.4 is 0 Å². The van der Waals surface area contributed by atoms with Crippen LogP contribution in [0.5, 0.6) is 0 Å². The third-order valence-electron chi connectivity index (χ3n) is 5.34. The van der Waals surface area contributed by atoms with E-state index >= 15 is 0 Å². The van der Waals surface area contributed by atoms with Crippen LogP contribution in [-0.2, 0) is 0 Å². The van der Waals surface area contributed by atoms with Gasteiger partial charge in [-0.1, -0.05) is 12.2 Å². The zero-order chi connectivity index (χ0) is 7.81. The zero-order valence-corrected chi connectivity index (χ0v) is 7.55. The summed E-state index contributed by atoms with van der Waals surface area (Å²) >= 11 is 0. The van der Waals surface area contributed by atoms with Crippen LogP contribution in [-0.4, -0.2) is 0 Å². The average Bonchev–Trinajstić information content (AvgIpc) is 2.98. The third kappa shape index (κ3) is 0.427. The lowest BCUT2D eigenvalue weighted by Gasteiger charge is -2.55. The molecule has 0 bridgehead atoms. The van der Waals surface area contributed by atoms with E-state index in [-0.39, 0.29) is 0 Å². The highest BCUT2D eigenvalue weighted by Crippen LogP contribution is 2.87. The molecule has 0 heteroatoms. The van der Waals surface area contributed by atoms with Crippen molar-refractivity contribution in [2.75, 3.05) is 0 Å². The van der Waals surface area contributed by atoms with Crippen LogP contribution in [0.1, 0.15) is 38.5 Å². The van der Waals surface area contributed by atoms with E-state index in [9.17, 15) is 0 Å². The van der Waals surface area contributed by atoms with Crippen LogP contribution in [0.3, 0.4) is 0 Å². The summed E-state index contributed by atoms with van der Waals surface area (Å²) in [4.78, 5) is 0.